The Morgan fingerprint density at radius 1 is 0.941 bits per heavy atom. The van der Waals surface area contributed by atoms with Gasteiger partial charge in [-0.2, -0.15) is 0 Å². The second kappa shape index (κ2) is 9.57. The summed E-state index contributed by atoms with van der Waals surface area (Å²) < 4.78 is 19.7. The molecule has 34 heavy (non-hydrogen) atoms. The third kappa shape index (κ3) is 4.47. The summed E-state index contributed by atoms with van der Waals surface area (Å²) in [6.07, 6.45) is 1.86. The van der Waals surface area contributed by atoms with Crippen molar-refractivity contribution in [3.05, 3.63) is 92.7 Å². The molecule has 3 aromatic carbocycles. The molecule has 2 heterocycles. The predicted octanol–water partition coefficient (Wildman–Crippen LogP) is 4.62. The normalized spacial score (nSPS) is 11.9. The molecule has 0 saturated carbocycles. The van der Waals surface area contributed by atoms with Crippen LogP contribution in [0.5, 0.6) is 17.2 Å². The number of aryl methyl sites for hydroxylation is 1. The highest BCUT2D eigenvalue weighted by atomic mass is 32.1. The Morgan fingerprint density at radius 3 is 2.56 bits per heavy atom. The molecule has 0 amide bonds. The van der Waals surface area contributed by atoms with Crippen LogP contribution in [0.1, 0.15) is 18.1 Å². The highest BCUT2D eigenvalue weighted by Gasteiger charge is 2.11. The number of rotatable bonds is 8. The number of nitrogens with zero attached hydrogens (tertiary/aromatic N) is 2. The SMILES string of the molecule is CCOc1cc(/C=c2\sc3nc4ccccc4n3c2=O)ccc1OCCOc1ccc(C)cc1. The molecule has 2 aromatic heterocycles. The van der Waals surface area contributed by atoms with Crippen molar-refractivity contribution in [3.63, 3.8) is 0 Å². The highest BCUT2D eigenvalue weighted by Crippen LogP contribution is 2.29. The van der Waals surface area contributed by atoms with Gasteiger partial charge in [0.1, 0.15) is 19.0 Å². The molecule has 0 aliphatic rings. The van der Waals surface area contributed by atoms with E-state index in [2.05, 4.69) is 4.98 Å². The van der Waals surface area contributed by atoms with Crippen LogP contribution in [-0.2, 0) is 0 Å². The van der Waals surface area contributed by atoms with E-state index in [-0.39, 0.29) is 5.56 Å². The summed E-state index contributed by atoms with van der Waals surface area (Å²) in [5, 5.41) is 0. The van der Waals surface area contributed by atoms with Crippen LogP contribution in [-0.4, -0.2) is 29.2 Å². The predicted molar refractivity (Wildman–Crippen MR) is 135 cm³/mol. The maximum atomic E-state index is 13.0. The number of benzene rings is 3. The van der Waals surface area contributed by atoms with Crippen molar-refractivity contribution in [3.8, 4) is 17.2 Å². The zero-order valence-electron chi connectivity index (χ0n) is 19.0. The maximum absolute atomic E-state index is 13.0. The average molecular weight is 473 g/mol. The molecule has 0 fully saturated rings. The van der Waals surface area contributed by atoms with Crippen LogP contribution >= 0.6 is 11.3 Å². The standard InChI is InChI=1S/C27H24N2O4S/c1-3-31-24-16-19(10-13-23(24)33-15-14-32-20-11-8-18(2)9-12-20)17-25-26(30)29-22-7-5-4-6-21(22)28-27(29)34-25/h4-13,16-17H,3,14-15H2,1-2H3/b25-17-. The molecule has 0 atom stereocenters. The molecule has 5 aromatic rings. The number of hydrogen-bond donors (Lipinski definition) is 0. The van der Waals surface area contributed by atoms with E-state index in [4.69, 9.17) is 14.2 Å². The third-order valence-electron chi connectivity index (χ3n) is 5.34. The Morgan fingerprint density at radius 2 is 1.74 bits per heavy atom. The smallest absolute Gasteiger partial charge is 0.274 e. The molecule has 0 unspecified atom stereocenters. The highest BCUT2D eigenvalue weighted by molar-refractivity contribution is 7.15. The number of thiazole rings is 1. The lowest BCUT2D eigenvalue weighted by atomic mass is 10.2. The van der Waals surface area contributed by atoms with Gasteiger partial charge in [0.15, 0.2) is 16.5 Å². The molecule has 5 rings (SSSR count). The third-order valence-corrected chi connectivity index (χ3v) is 6.31. The van der Waals surface area contributed by atoms with E-state index in [9.17, 15) is 4.79 Å². The van der Waals surface area contributed by atoms with Gasteiger partial charge in [0, 0.05) is 0 Å². The van der Waals surface area contributed by atoms with Crippen molar-refractivity contribution in [2.24, 2.45) is 0 Å². The maximum Gasteiger partial charge on any atom is 0.274 e. The minimum Gasteiger partial charge on any atom is -0.490 e. The molecule has 0 aliphatic carbocycles. The summed E-state index contributed by atoms with van der Waals surface area (Å²) in [4.78, 5) is 18.3. The quantitative estimate of drug-likeness (QED) is 0.308. The van der Waals surface area contributed by atoms with Crippen molar-refractivity contribution in [2.45, 2.75) is 13.8 Å². The molecule has 0 N–H and O–H groups in total. The fraction of sp³-hybridized carbons (Fsp3) is 0.185. The van der Waals surface area contributed by atoms with Crippen LogP contribution < -0.4 is 24.3 Å². The zero-order valence-corrected chi connectivity index (χ0v) is 19.8. The summed E-state index contributed by atoms with van der Waals surface area (Å²) in [6, 6.07) is 21.2. The largest absolute Gasteiger partial charge is 0.490 e. The molecule has 0 bridgehead atoms. The van der Waals surface area contributed by atoms with Gasteiger partial charge in [0.05, 0.1) is 22.2 Å². The van der Waals surface area contributed by atoms with Crippen molar-refractivity contribution >= 4 is 33.4 Å². The minimum atomic E-state index is -0.0692. The van der Waals surface area contributed by atoms with Crippen LogP contribution in [0.15, 0.2) is 71.5 Å². The van der Waals surface area contributed by atoms with E-state index in [1.165, 1.54) is 16.9 Å². The first-order valence-electron chi connectivity index (χ1n) is 11.1. The van der Waals surface area contributed by atoms with Crippen molar-refractivity contribution in [1.29, 1.82) is 0 Å². The Balaban J connectivity index is 1.35. The molecule has 0 aliphatic heterocycles. The number of aromatic nitrogens is 2. The summed E-state index contributed by atoms with van der Waals surface area (Å²) in [5.74, 6) is 2.08. The van der Waals surface area contributed by atoms with Crippen LogP contribution in [0.2, 0.25) is 0 Å². The number of hydrogen-bond acceptors (Lipinski definition) is 6. The molecule has 0 spiro atoms. The topological polar surface area (TPSA) is 62.1 Å². The Hall–Kier alpha value is -3.84. The number of fused-ring (bicyclic) bond motifs is 3. The molecule has 0 radical (unpaired) electrons. The number of ether oxygens (including phenoxy) is 3. The van der Waals surface area contributed by atoms with Gasteiger partial charge in [-0.25, -0.2) is 9.38 Å². The molecular weight excluding hydrogens is 448 g/mol. The zero-order chi connectivity index (χ0) is 23.5. The van der Waals surface area contributed by atoms with Gasteiger partial charge in [-0.05, 0) is 61.9 Å². The Bertz CT molecular complexity index is 1550. The van der Waals surface area contributed by atoms with Crippen LogP contribution in [0.4, 0.5) is 0 Å². The summed E-state index contributed by atoms with van der Waals surface area (Å²) in [6.45, 7) is 5.28. The van der Waals surface area contributed by atoms with Crippen molar-refractivity contribution in [2.75, 3.05) is 19.8 Å². The average Bonchev–Trinajstić information content (AvgIpc) is 3.35. The number of para-hydroxylation sites is 2. The van der Waals surface area contributed by atoms with Crippen LogP contribution in [0, 0.1) is 6.92 Å². The van der Waals surface area contributed by atoms with Gasteiger partial charge in [0.2, 0.25) is 0 Å². The van der Waals surface area contributed by atoms with Crippen LogP contribution in [0.3, 0.4) is 0 Å². The first-order chi connectivity index (χ1) is 16.6. The van der Waals surface area contributed by atoms with Gasteiger partial charge in [-0.3, -0.25) is 4.79 Å². The van der Waals surface area contributed by atoms with Crippen LogP contribution in [0.25, 0.3) is 22.1 Å². The summed E-state index contributed by atoms with van der Waals surface area (Å²) in [7, 11) is 0. The Kier molecular flexibility index (Phi) is 6.18. The first-order valence-corrected chi connectivity index (χ1v) is 11.9. The first kappa shape index (κ1) is 22.0. The molecule has 6 nitrogen and oxygen atoms in total. The van der Waals surface area contributed by atoms with E-state index in [0.29, 0.717) is 40.8 Å². The number of imidazole rings is 1. The lowest BCUT2D eigenvalue weighted by Gasteiger charge is -2.13. The Labute approximate surface area is 200 Å². The van der Waals surface area contributed by atoms with Gasteiger partial charge in [-0.15, -0.1) is 0 Å². The van der Waals surface area contributed by atoms with Crippen molar-refractivity contribution < 1.29 is 14.2 Å². The van der Waals surface area contributed by atoms with E-state index >= 15 is 0 Å². The van der Waals surface area contributed by atoms with Crippen molar-refractivity contribution in [1.82, 2.24) is 9.38 Å². The minimum absolute atomic E-state index is 0.0692. The van der Waals surface area contributed by atoms with Gasteiger partial charge < -0.3 is 14.2 Å². The second-order valence-corrected chi connectivity index (χ2v) is 8.79. The lowest BCUT2D eigenvalue weighted by Crippen LogP contribution is -2.22. The van der Waals surface area contributed by atoms with E-state index in [1.807, 2.05) is 86.7 Å². The van der Waals surface area contributed by atoms with E-state index < -0.39 is 0 Å². The monoisotopic (exact) mass is 472 g/mol. The molecule has 172 valence electrons. The second-order valence-electron chi connectivity index (χ2n) is 7.78. The van der Waals surface area contributed by atoms with Gasteiger partial charge >= 0.3 is 0 Å². The van der Waals surface area contributed by atoms with Gasteiger partial charge in [-0.1, -0.05) is 47.2 Å². The molecular formula is C27H24N2O4S. The van der Waals surface area contributed by atoms with E-state index in [0.717, 1.165) is 22.3 Å². The van der Waals surface area contributed by atoms with Gasteiger partial charge in [0.25, 0.3) is 5.56 Å². The summed E-state index contributed by atoms with van der Waals surface area (Å²) >= 11 is 1.38. The lowest BCUT2D eigenvalue weighted by molar-refractivity contribution is 0.208. The fourth-order valence-electron chi connectivity index (χ4n) is 3.71. The molecule has 0 saturated heterocycles. The van der Waals surface area contributed by atoms with E-state index in [1.54, 1.807) is 4.40 Å². The summed E-state index contributed by atoms with van der Waals surface area (Å²) in [5.41, 5.74) is 3.63. The fourth-order valence-corrected chi connectivity index (χ4v) is 4.70. The molecule has 7 heteroatoms.